The van der Waals surface area contributed by atoms with Gasteiger partial charge in [0.15, 0.2) is 0 Å². The molecule has 148 valence electrons. The molecular formula is C25H43N. The fourth-order valence-electron chi connectivity index (χ4n) is 6.97. The summed E-state index contributed by atoms with van der Waals surface area (Å²) in [6.45, 7) is 4.57. The molecule has 0 N–H and O–H groups in total. The van der Waals surface area contributed by atoms with Crippen molar-refractivity contribution in [2.75, 3.05) is 0 Å². The van der Waals surface area contributed by atoms with Gasteiger partial charge in [0.05, 0.1) is 11.5 Å². The zero-order valence-electron chi connectivity index (χ0n) is 17.6. The van der Waals surface area contributed by atoms with Crippen molar-refractivity contribution in [2.24, 2.45) is 35.0 Å². The molecule has 0 aromatic heterocycles. The van der Waals surface area contributed by atoms with Crippen LogP contribution in [0.15, 0.2) is 0 Å². The topological polar surface area (TPSA) is 23.8 Å². The molecule has 0 unspecified atom stereocenters. The average Bonchev–Trinajstić information content (AvgIpc) is 2.68. The largest absolute Gasteiger partial charge is 0.198 e. The Kier molecular flexibility index (Phi) is 7.48. The van der Waals surface area contributed by atoms with Crippen LogP contribution in [0.3, 0.4) is 0 Å². The first-order valence-electron chi connectivity index (χ1n) is 12.1. The second-order valence-electron chi connectivity index (χ2n) is 10.3. The van der Waals surface area contributed by atoms with Crippen molar-refractivity contribution < 1.29 is 0 Å². The molecule has 0 spiro atoms. The summed E-state index contributed by atoms with van der Waals surface area (Å²) in [6, 6.07) is 2.75. The third-order valence-corrected chi connectivity index (χ3v) is 8.57. The van der Waals surface area contributed by atoms with Crippen LogP contribution in [0.2, 0.25) is 0 Å². The molecule has 0 aromatic rings. The Bertz CT molecular complexity index is 455. The minimum absolute atomic E-state index is 0.0410. The van der Waals surface area contributed by atoms with Gasteiger partial charge in [0.25, 0.3) is 0 Å². The van der Waals surface area contributed by atoms with E-state index in [-0.39, 0.29) is 5.41 Å². The Morgan fingerprint density at radius 3 is 2.19 bits per heavy atom. The van der Waals surface area contributed by atoms with Crippen molar-refractivity contribution in [3.8, 4) is 6.07 Å². The summed E-state index contributed by atoms with van der Waals surface area (Å²) in [7, 11) is 0. The van der Waals surface area contributed by atoms with Crippen LogP contribution in [-0.4, -0.2) is 0 Å². The van der Waals surface area contributed by atoms with Gasteiger partial charge in [-0.25, -0.2) is 0 Å². The lowest BCUT2D eigenvalue weighted by molar-refractivity contribution is 0.0383. The molecule has 3 aliphatic rings. The number of rotatable bonds is 7. The van der Waals surface area contributed by atoms with Gasteiger partial charge in [-0.05, 0) is 87.4 Å². The van der Waals surface area contributed by atoms with Gasteiger partial charge in [-0.3, -0.25) is 0 Å². The normalized spacial score (nSPS) is 40.6. The predicted octanol–water partition coefficient (Wildman–Crippen LogP) is 7.90. The molecule has 0 aliphatic heterocycles. The SMILES string of the molecule is CCCCCC1CCC([C@H]2CC[C@@H]3C[C@](C#N)(CCC)CC[C@@H]3C2)CC1. The molecule has 3 saturated carbocycles. The molecule has 3 aliphatic carbocycles. The molecule has 0 heterocycles. The van der Waals surface area contributed by atoms with Crippen molar-refractivity contribution in [3.63, 3.8) is 0 Å². The Morgan fingerprint density at radius 1 is 0.808 bits per heavy atom. The van der Waals surface area contributed by atoms with Gasteiger partial charge in [-0.15, -0.1) is 0 Å². The van der Waals surface area contributed by atoms with Crippen LogP contribution in [0.1, 0.15) is 117 Å². The minimum atomic E-state index is 0.0410. The summed E-state index contributed by atoms with van der Waals surface area (Å²) in [4.78, 5) is 0. The molecule has 0 saturated heterocycles. The summed E-state index contributed by atoms with van der Waals surface area (Å²) in [5.41, 5.74) is 0.0410. The molecule has 3 rings (SSSR count). The fourth-order valence-corrected chi connectivity index (χ4v) is 6.97. The van der Waals surface area contributed by atoms with E-state index in [4.69, 9.17) is 0 Å². The van der Waals surface area contributed by atoms with Crippen molar-refractivity contribution in [3.05, 3.63) is 0 Å². The fraction of sp³-hybridized carbons (Fsp3) is 0.960. The maximum atomic E-state index is 9.77. The van der Waals surface area contributed by atoms with E-state index in [1.807, 2.05) is 0 Å². The van der Waals surface area contributed by atoms with Crippen molar-refractivity contribution in [2.45, 2.75) is 117 Å². The van der Waals surface area contributed by atoms with Crippen LogP contribution < -0.4 is 0 Å². The molecule has 0 amide bonds. The lowest BCUT2D eigenvalue weighted by Crippen LogP contribution is -2.38. The van der Waals surface area contributed by atoms with Gasteiger partial charge in [0.1, 0.15) is 0 Å². The summed E-state index contributed by atoms with van der Waals surface area (Å²) in [5.74, 6) is 4.94. The third-order valence-electron chi connectivity index (χ3n) is 8.57. The minimum Gasteiger partial charge on any atom is -0.198 e. The van der Waals surface area contributed by atoms with Gasteiger partial charge in [-0.2, -0.15) is 5.26 Å². The molecule has 1 nitrogen and oxygen atoms in total. The lowest BCUT2D eigenvalue weighted by atomic mass is 9.57. The van der Waals surface area contributed by atoms with Crippen molar-refractivity contribution in [1.82, 2.24) is 0 Å². The second kappa shape index (κ2) is 9.61. The van der Waals surface area contributed by atoms with E-state index < -0.39 is 0 Å². The van der Waals surface area contributed by atoms with Gasteiger partial charge < -0.3 is 0 Å². The molecule has 0 bridgehead atoms. The van der Waals surface area contributed by atoms with Crippen LogP contribution in [0, 0.1) is 46.3 Å². The smallest absolute Gasteiger partial charge is 0.0689 e. The van der Waals surface area contributed by atoms with E-state index in [2.05, 4.69) is 19.9 Å². The van der Waals surface area contributed by atoms with Crippen LogP contribution in [0.4, 0.5) is 0 Å². The molecule has 0 radical (unpaired) electrons. The van der Waals surface area contributed by atoms with Gasteiger partial charge in [0.2, 0.25) is 0 Å². The highest BCUT2D eigenvalue weighted by atomic mass is 14.5. The zero-order valence-corrected chi connectivity index (χ0v) is 17.6. The van der Waals surface area contributed by atoms with Crippen LogP contribution in [-0.2, 0) is 0 Å². The number of hydrogen-bond acceptors (Lipinski definition) is 1. The van der Waals surface area contributed by atoms with E-state index in [0.717, 1.165) is 36.0 Å². The van der Waals surface area contributed by atoms with E-state index in [9.17, 15) is 5.26 Å². The van der Waals surface area contributed by atoms with E-state index >= 15 is 0 Å². The zero-order chi connectivity index (χ0) is 18.4. The van der Waals surface area contributed by atoms with E-state index in [1.165, 1.54) is 96.3 Å². The highest BCUT2D eigenvalue weighted by molar-refractivity contribution is 5.04. The first-order chi connectivity index (χ1) is 12.7. The Morgan fingerprint density at radius 2 is 1.50 bits per heavy atom. The molecular weight excluding hydrogens is 314 g/mol. The highest BCUT2D eigenvalue weighted by Gasteiger charge is 2.44. The predicted molar refractivity (Wildman–Crippen MR) is 111 cm³/mol. The molecule has 0 aromatic carbocycles. The highest BCUT2D eigenvalue weighted by Crippen LogP contribution is 2.53. The lowest BCUT2D eigenvalue weighted by Gasteiger charge is -2.47. The van der Waals surface area contributed by atoms with Gasteiger partial charge >= 0.3 is 0 Å². The Hall–Kier alpha value is -0.510. The Labute approximate surface area is 163 Å². The maximum absolute atomic E-state index is 9.77. The number of nitrogens with zero attached hydrogens (tertiary/aromatic N) is 1. The number of hydrogen-bond donors (Lipinski definition) is 0. The second-order valence-corrected chi connectivity index (χ2v) is 10.3. The summed E-state index contributed by atoms with van der Waals surface area (Å²) < 4.78 is 0. The summed E-state index contributed by atoms with van der Waals surface area (Å²) in [6.07, 6.45) is 22.3. The first-order valence-corrected chi connectivity index (χ1v) is 12.1. The monoisotopic (exact) mass is 357 g/mol. The number of fused-ring (bicyclic) bond motifs is 1. The van der Waals surface area contributed by atoms with Crippen LogP contribution >= 0.6 is 0 Å². The van der Waals surface area contributed by atoms with E-state index in [1.54, 1.807) is 0 Å². The summed E-state index contributed by atoms with van der Waals surface area (Å²) in [5, 5.41) is 9.77. The third kappa shape index (κ3) is 4.85. The van der Waals surface area contributed by atoms with Crippen molar-refractivity contribution >= 4 is 0 Å². The standard InChI is InChI=1S/C25H43N/c1-3-5-6-7-20-8-10-21(11-9-20)22-12-13-24-18-25(19-26,15-4-2)16-14-23(24)17-22/h20-24H,3-18H2,1-2H3/t20?,21?,22-,23+,24+,25-/m0/s1. The van der Waals surface area contributed by atoms with Crippen molar-refractivity contribution in [1.29, 1.82) is 5.26 Å². The van der Waals surface area contributed by atoms with Crippen LogP contribution in [0.5, 0.6) is 0 Å². The number of unbranched alkanes of at least 4 members (excludes halogenated alkanes) is 2. The van der Waals surface area contributed by atoms with Crippen LogP contribution in [0.25, 0.3) is 0 Å². The molecule has 1 heteroatoms. The first kappa shape index (κ1) is 20.2. The molecule has 3 fully saturated rings. The summed E-state index contributed by atoms with van der Waals surface area (Å²) >= 11 is 0. The van der Waals surface area contributed by atoms with Gasteiger partial charge in [-0.1, -0.05) is 58.8 Å². The van der Waals surface area contributed by atoms with E-state index in [0.29, 0.717) is 0 Å². The maximum Gasteiger partial charge on any atom is 0.0689 e. The Balaban J connectivity index is 1.45. The molecule has 4 atom stereocenters. The number of nitriles is 1. The quantitative estimate of drug-likeness (QED) is 0.425. The molecule has 26 heavy (non-hydrogen) atoms. The van der Waals surface area contributed by atoms with Gasteiger partial charge in [0, 0.05) is 0 Å². The average molecular weight is 358 g/mol.